The normalized spacial score (nSPS) is 11.0. The summed E-state index contributed by atoms with van der Waals surface area (Å²) in [5.41, 5.74) is 2.96. The predicted molar refractivity (Wildman–Crippen MR) is 134 cm³/mol. The van der Waals surface area contributed by atoms with Gasteiger partial charge in [-0.2, -0.15) is 0 Å². The summed E-state index contributed by atoms with van der Waals surface area (Å²) in [5.74, 6) is 0.0135. The molecule has 1 amide bonds. The Hall–Kier alpha value is -1.60. The summed E-state index contributed by atoms with van der Waals surface area (Å²) < 4.78 is 1.14. The molecule has 0 aliphatic rings. The molecular formula is C23H30ClN3OS2. The van der Waals surface area contributed by atoms with Crippen LogP contribution in [0.15, 0.2) is 47.4 Å². The zero-order valence-electron chi connectivity index (χ0n) is 18.1. The third kappa shape index (κ3) is 5.76. The number of carbonyl (C=O) groups is 1. The number of thioether (sulfide) groups is 1. The van der Waals surface area contributed by atoms with Gasteiger partial charge in [0, 0.05) is 23.5 Å². The molecule has 2 aromatic carbocycles. The zero-order chi connectivity index (χ0) is 20.8. The van der Waals surface area contributed by atoms with Crippen LogP contribution in [-0.2, 0) is 6.42 Å². The van der Waals surface area contributed by atoms with Gasteiger partial charge in [0.2, 0.25) is 0 Å². The summed E-state index contributed by atoms with van der Waals surface area (Å²) >= 11 is 3.28. The van der Waals surface area contributed by atoms with Gasteiger partial charge in [0.1, 0.15) is 0 Å². The molecule has 1 aromatic heterocycles. The lowest BCUT2D eigenvalue weighted by molar-refractivity contribution is 0.0983. The highest BCUT2D eigenvalue weighted by Crippen LogP contribution is 2.31. The second-order valence-corrected chi connectivity index (χ2v) is 8.75. The number of hydrogen-bond donors (Lipinski definition) is 0. The first kappa shape index (κ1) is 24.7. The van der Waals surface area contributed by atoms with Crippen LogP contribution >= 0.6 is 35.5 Å². The van der Waals surface area contributed by atoms with Crippen LogP contribution in [0.25, 0.3) is 10.2 Å². The summed E-state index contributed by atoms with van der Waals surface area (Å²) in [4.78, 5) is 23.5. The number of carbonyl (C=O) groups excluding carboxylic acids is 1. The Morgan fingerprint density at radius 3 is 2.33 bits per heavy atom. The molecule has 0 spiro atoms. The highest BCUT2D eigenvalue weighted by Gasteiger charge is 2.22. The third-order valence-corrected chi connectivity index (χ3v) is 6.98. The first-order valence-electron chi connectivity index (χ1n) is 10.2. The first-order chi connectivity index (χ1) is 14.1. The third-order valence-electron chi connectivity index (χ3n) is 5.20. The fourth-order valence-electron chi connectivity index (χ4n) is 3.25. The summed E-state index contributed by atoms with van der Waals surface area (Å²) in [6.07, 6.45) is 3.04. The number of benzene rings is 2. The minimum absolute atomic E-state index is 0. The molecule has 0 bridgehead atoms. The van der Waals surface area contributed by atoms with Crippen LogP contribution in [0.5, 0.6) is 0 Å². The Balaban J connectivity index is 0.00000320. The molecule has 0 saturated carbocycles. The minimum atomic E-state index is 0. The molecule has 3 rings (SSSR count). The second-order valence-electron chi connectivity index (χ2n) is 6.86. The van der Waals surface area contributed by atoms with E-state index in [9.17, 15) is 4.79 Å². The van der Waals surface area contributed by atoms with E-state index in [0.717, 1.165) is 46.3 Å². The van der Waals surface area contributed by atoms with Gasteiger partial charge >= 0.3 is 0 Å². The van der Waals surface area contributed by atoms with Gasteiger partial charge in [-0.3, -0.25) is 9.69 Å². The molecule has 3 aromatic rings. The highest BCUT2D eigenvalue weighted by atomic mass is 35.5. The lowest BCUT2D eigenvalue weighted by Gasteiger charge is -2.24. The number of aryl methyl sites for hydroxylation is 1. The number of likely N-dealkylation sites (N-methyl/N-ethyl adjacent to an activating group) is 1. The number of fused-ring (bicyclic) bond motifs is 1. The number of nitrogens with zero attached hydrogens (tertiary/aromatic N) is 3. The van der Waals surface area contributed by atoms with Gasteiger partial charge < -0.3 is 4.90 Å². The fourth-order valence-corrected chi connectivity index (χ4v) is 4.71. The van der Waals surface area contributed by atoms with Gasteiger partial charge in [-0.1, -0.05) is 38.2 Å². The van der Waals surface area contributed by atoms with E-state index in [2.05, 4.69) is 43.9 Å². The van der Waals surface area contributed by atoms with Crippen molar-refractivity contribution in [3.63, 3.8) is 0 Å². The topological polar surface area (TPSA) is 36.4 Å². The number of thiazole rings is 1. The molecule has 7 heteroatoms. The van der Waals surface area contributed by atoms with Crippen LogP contribution in [0.3, 0.4) is 0 Å². The van der Waals surface area contributed by atoms with Crippen LogP contribution in [0.1, 0.15) is 36.7 Å². The average Bonchev–Trinajstić information content (AvgIpc) is 3.19. The predicted octanol–water partition coefficient (Wildman–Crippen LogP) is 5.99. The van der Waals surface area contributed by atoms with Crippen molar-refractivity contribution in [2.45, 2.75) is 32.1 Å². The van der Waals surface area contributed by atoms with Crippen LogP contribution in [0.4, 0.5) is 5.13 Å². The molecule has 0 unspecified atom stereocenters. The number of halogens is 1. The quantitative estimate of drug-likeness (QED) is 0.365. The van der Waals surface area contributed by atoms with Gasteiger partial charge in [-0.15, -0.1) is 24.2 Å². The van der Waals surface area contributed by atoms with E-state index in [4.69, 9.17) is 4.98 Å². The first-order valence-corrected chi connectivity index (χ1v) is 12.2. The summed E-state index contributed by atoms with van der Waals surface area (Å²) in [5, 5.41) is 0.777. The number of aromatic nitrogens is 1. The maximum Gasteiger partial charge on any atom is 0.260 e. The van der Waals surface area contributed by atoms with Crippen molar-refractivity contribution in [2.75, 3.05) is 37.3 Å². The lowest BCUT2D eigenvalue weighted by atomic mass is 10.2. The average molecular weight is 464 g/mol. The molecule has 0 radical (unpaired) electrons. The number of amides is 1. The summed E-state index contributed by atoms with van der Waals surface area (Å²) in [6, 6.07) is 14.2. The molecule has 162 valence electrons. The standard InChI is InChI=1S/C23H29N3OS2.ClH/c1-5-17-8-13-20-21(16-17)29-23(24-20)26(15-14-25(6-2)7-3)22(27)18-9-11-19(28-4)12-10-18;/h8-13,16H,5-7,14-15H2,1-4H3;1H. The van der Waals surface area contributed by atoms with Crippen molar-refractivity contribution in [3.05, 3.63) is 53.6 Å². The fraction of sp³-hybridized carbons (Fsp3) is 0.391. The zero-order valence-corrected chi connectivity index (χ0v) is 20.5. The van der Waals surface area contributed by atoms with Crippen molar-refractivity contribution in [1.82, 2.24) is 9.88 Å². The second kappa shape index (κ2) is 11.7. The molecule has 0 aliphatic carbocycles. The van der Waals surface area contributed by atoms with Gasteiger partial charge in [0.05, 0.1) is 10.2 Å². The Morgan fingerprint density at radius 1 is 1.03 bits per heavy atom. The summed E-state index contributed by atoms with van der Waals surface area (Å²) in [6.45, 7) is 9.87. The molecule has 0 saturated heterocycles. The maximum absolute atomic E-state index is 13.4. The molecule has 30 heavy (non-hydrogen) atoms. The van der Waals surface area contributed by atoms with Crippen LogP contribution in [-0.4, -0.2) is 48.2 Å². The van der Waals surface area contributed by atoms with Crippen molar-refractivity contribution >= 4 is 56.8 Å². The Bertz CT molecular complexity index is 955. The molecule has 0 fully saturated rings. The van der Waals surface area contributed by atoms with E-state index in [1.165, 1.54) is 5.56 Å². The van der Waals surface area contributed by atoms with E-state index >= 15 is 0 Å². The van der Waals surface area contributed by atoms with Crippen LogP contribution in [0, 0.1) is 0 Å². The smallest absolute Gasteiger partial charge is 0.260 e. The molecule has 1 heterocycles. The van der Waals surface area contributed by atoms with Crippen molar-refractivity contribution in [1.29, 1.82) is 0 Å². The van der Waals surface area contributed by atoms with Gasteiger partial charge in [-0.05, 0) is 67.7 Å². The van der Waals surface area contributed by atoms with Gasteiger partial charge in [-0.25, -0.2) is 4.98 Å². The molecule has 0 aliphatic heterocycles. The Morgan fingerprint density at radius 2 is 1.73 bits per heavy atom. The van der Waals surface area contributed by atoms with E-state index in [-0.39, 0.29) is 18.3 Å². The monoisotopic (exact) mass is 463 g/mol. The number of hydrogen-bond acceptors (Lipinski definition) is 5. The summed E-state index contributed by atoms with van der Waals surface area (Å²) in [7, 11) is 0. The van der Waals surface area contributed by atoms with Crippen molar-refractivity contribution in [2.24, 2.45) is 0 Å². The van der Waals surface area contributed by atoms with Crippen molar-refractivity contribution < 1.29 is 4.79 Å². The van der Waals surface area contributed by atoms with Gasteiger partial charge in [0.25, 0.3) is 5.91 Å². The van der Waals surface area contributed by atoms with E-state index in [1.807, 2.05) is 35.4 Å². The van der Waals surface area contributed by atoms with Crippen molar-refractivity contribution in [3.8, 4) is 0 Å². The molecular weight excluding hydrogens is 434 g/mol. The highest BCUT2D eigenvalue weighted by molar-refractivity contribution is 7.98. The maximum atomic E-state index is 13.4. The Kier molecular flexibility index (Phi) is 9.62. The molecule has 0 atom stereocenters. The molecule has 0 N–H and O–H groups in total. The molecule has 4 nitrogen and oxygen atoms in total. The SMILES string of the molecule is CCc1ccc2nc(N(CCN(CC)CC)C(=O)c3ccc(SC)cc3)sc2c1.Cl. The van der Waals surface area contributed by atoms with E-state index in [0.29, 0.717) is 12.1 Å². The van der Waals surface area contributed by atoms with E-state index in [1.54, 1.807) is 23.1 Å². The Labute approximate surface area is 194 Å². The minimum Gasteiger partial charge on any atom is -0.302 e. The van der Waals surface area contributed by atoms with Crippen LogP contribution in [0.2, 0.25) is 0 Å². The number of anilines is 1. The van der Waals surface area contributed by atoms with Crippen LogP contribution < -0.4 is 4.90 Å². The lowest BCUT2D eigenvalue weighted by Crippen LogP contribution is -2.38. The van der Waals surface area contributed by atoms with E-state index < -0.39 is 0 Å². The number of rotatable bonds is 9. The van der Waals surface area contributed by atoms with Gasteiger partial charge in [0.15, 0.2) is 5.13 Å². The largest absolute Gasteiger partial charge is 0.302 e.